The normalized spacial score (nSPS) is 20.0. The highest BCUT2D eigenvalue weighted by molar-refractivity contribution is 5.80. The molecule has 3 aromatic rings. The number of aromatic nitrogens is 3. The molecule has 0 amide bonds. The lowest BCUT2D eigenvalue weighted by atomic mass is 10.0. The van der Waals surface area contributed by atoms with E-state index in [9.17, 15) is 0 Å². The van der Waals surface area contributed by atoms with Crippen LogP contribution in [0.25, 0.3) is 22.6 Å². The van der Waals surface area contributed by atoms with Crippen LogP contribution in [0.5, 0.6) is 11.5 Å². The van der Waals surface area contributed by atoms with Gasteiger partial charge in [0, 0.05) is 37.6 Å². The lowest BCUT2D eigenvalue weighted by molar-refractivity contribution is 0.171. The average molecular weight is 367 g/mol. The predicted molar refractivity (Wildman–Crippen MR) is 98.8 cm³/mol. The van der Waals surface area contributed by atoms with Crippen molar-refractivity contribution in [3.05, 3.63) is 36.4 Å². The number of benzene rings is 1. The quantitative estimate of drug-likeness (QED) is 0.733. The van der Waals surface area contributed by atoms with Gasteiger partial charge >= 0.3 is 0 Å². The van der Waals surface area contributed by atoms with Crippen molar-refractivity contribution in [2.45, 2.75) is 6.04 Å². The SMILES string of the molecule is CN1CCNCC1c1noc(-c2c[nH]cc2-c2ccc3c(c2)OCCO3)n1. The van der Waals surface area contributed by atoms with Crippen molar-refractivity contribution in [1.82, 2.24) is 25.3 Å². The number of fused-ring (bicyclic) bond motifs is 1. The third-order valence-electron chi connectivity index (χ3n) is 5.08. The van der Waals surface area contributed by atoms with Gasteiger partial charge in [0.25, 0.3) is 5.89 Å². The van der Waals surface area contributed by atoms with Crippen LogP contribution >= 0.6 is 0 Å². The Kier molecular flexibility index (Phi) is 4.06. The van der Waals surface area contributed by atoms with Crippen LogP contribution in [-0.4, -0.2) is 59.9 Å². The van der Waals surface area contributed by atoms with E-state index in [-0.39, 0.29) is 6.04 Å². The molecule has 27 heavy (non-hydrogen) atoms. The first-order chi connectivity index (χ1) is 13.3. The average Bonchev–Trinajstić information content (AvgIpc) is 3.37. The van der Waals surface area contributed by atoms with E-state index < -0.39 is 0 Å². The highest BCUT2D eigenvalue weighted by atomic mass is 16.6. The van der Waals surface area contributed by atoms with Gasteiger partial charge < -0.3 is 24.3 Å². The Hall–Kier alpha value is -2.84. The molecule has 140 valence electrons. The molecule has 2 aromatic heterocycles. The molecule has 2 aliphatic heterocycles. The number of ether oxygens (including phenoxy) is 2. The van der Waals surface area contributed by atoms with Crippen LogP contribution in [0, 0.1) is 0 Å². The van der Waals surface area contributed by atoms with E-state index in [4.69, 9.17) is 14.0 Å². The number of nitrogens with one attached hydrogen (secondary N) is 2. The third-order valence-corrected chi connectivity index (χ3v) is 5.08. The summed E-state index contributed by atoms with van der Waals surface area (Å²) in [5.74, 6) is 2.74. The Morgan fingerprint density at radius 2 is 1.96 bits per heavy atom. The Labute approximate surface area is 156 Å². The lowest BCUT2D eigenvalue weighted by Gasteiger charge is -2.30. The molecular formula is C19H21N5O3. The van der Waals surface area contributed by atoms with Gasteiger partial charge in [-0.05, 0) is 24.7 Å². The van der Waals surface area contributed by atoms with Crippen LogP contribution in [-0.2, 0) is 0 Å². The van der Waals surface area contributed by atoms with Crippen molar-refractivity contribution >= 4 is 0 Å². The number of H-pyrrole nitrogens is 1. The Balaban J connectivity index is 1.47. The second kappa shape index (κ2) is 6.71. The van der Waals surface area contributed by atoms with Crippen molar-refractivity contribution in [3.8, 4) is 34.1 Å². The second-order valence-electron chi connectivity index (χ2n) is 6.80. The predicted octanol–water partition coefficient (Wildman–Crippen LogP) is 2.08. The minimum absolute atomic E-state index is 0.118. The number of nitrogens with zero attached hydrogens (tertiary/aromatic N) is 3. The molecule has 1 unspecified atom stereocenters. The maximum atomic E-state index is 5.70. The molecule has 0 radical (unpaired) electrons. The monoisotopic (exact) mass is 367 g/mol. The summed E-state index contributed by atoms with van der Waals surface area (Å²) in [6.07, 6.45) is 3.81. The molecular weight excluding hydrogens is 346 g/mol. The zero-order chi connectivity index (χ0) is 18.2. The van der Waals surface area contributed by atoms with Crippen LogP contribution in [0.15, 0.2) is 35.1 Å². The zero-order valence-electron chi connectivity index (χ0n) is 15.1. The molecule has 8 heteroatoms. The summed E-state index contributed by atoms with van der Waals surface area (Å²) >= 11 is 0. The van der Waals surface area contributed by atoms with E-state index in [1.807, 2.05) is 30.6 Å². The smallest absolute Gasteiger partial charge is 0.260 e. The van der Waals surface area contributed by atoms with Crippen LogP contribution < -0.4 is 14.8 Å². The standard InChI is InChI=1S/C19H21N5O3/c1-24-5-4-20-11-15(24)18-22-19(27-23-18)14-10-21-9-13(14)12-2-3-16-17(8-12)26-7-6-25-16/h2-3,8-10,15,20-21H,4-7,11H2,1H3. The fourth-order valence-corrected chi connectivity index (χ4v) is 3.56. The first-order valence-corrected chi connectivity index (χ1v) is 9.11. The molecule has 5 rings (SSSR count). The molecule has 0 saturated carbocycles. The summed E-state index contributed by atoms with van der Waals surface area (Å²) in [5, 5.41) is 7.60. The van der Waals surface area contributed by atoms with Crippen molar-refractivity contribution < 1.29 is 14.0 Å². The molecule has 4 heterocycles. The van der Waals surface area contributed by atoms with Crippen LogP contribution in [0.2, 0.25) is 0 Å². The van der Waals surface area contributed by atoms with Gasteiger partial charge in [-0.2, -0.15) is 4.98 Å². The summed E-state index contributed by atoms with van der Waals surface area (Å²) in [4.78, 5) is 10.1. The van der Waals surface area contributed by atoms with Crippen LogP contribution in [0.3, 0.4) is 0 Å². The number of hydrogen-bond donors (Lipinski definition) is 2. The molecule has 1 fully saturated rings. The van der Waals surface area contributed by atoms with Gasteiger partial charge in [-0.3, -0.25) is 4.90 Å². The minimum Gasteiger partial charge on any atom is -0.486 e. The van der Waals surface area contributed by atoms with Gasteiger partial charge in [-0.1, -0.05) is 11.2 Å². The van der Waals surface area contributed by atoms with Gasteiger partial charge in [-0.25, -0.2) is 0 Å². The number of hydrogen-bond acceptors (Lipinski definition) is 7. The fraction of sp³-hybridized carbons (Fsp3) is 0.368. The highest BCUT2D eigenvalue weighted by Gasteiger charge is 2.26. The molecule has 2 N–H and O–H groups in total. The molecule has 1 saturated heterocycles. The lowest BCUT2D eigenvalue weighted by Crippen LogP contribution is -2.44. The summed E-state index contributed by atoms with van der Waals surface area (Å²) in [6.45, 7) is 3.89. The molecule has 8 nitrogen and oxygen atoms in total. The summed E-state index contributed by atoms with van der Waals surface area (Å²) in [6, 6.07) is 6.05. The van der Waals surface area contributed by atoms with E-state index in [0.717, 1.165) is 47.8 Å². The topological polar surface area (TPSA) is 88.4 Å². The molecule has 1 atom stereocenters. The molecule has 2 aliphatic rings. The number of rotatable bonds is 3. The second-order valence-corrected chi connectivity index (χ2v) is 6.80. The highest BCUT2D eigenvalue weighted by Crippen LogP contribution is 2.38. The largest absolute Gasteiger partial charge is 0.486 e. The third kappa shape index (κ3) is 2.96. The van der Waals surface area contributed by atoms with Crippen LogP contribution in [0.4, 0.5) is 0 Å². The van der Waals surface area contributed by atoms with Crippen molar-refractivity contribution in [2.24, 2.45) is 0 Å². The maximum absolute atomic E-state index is 5.70. The summed E-state index contributed by atoms with van der Waals surface area (Å²) in [5.41, 5.74) is 2.86. The first-order valence-electron chi connectivity index (χ1n) is 9.11. The Bertz CT molecular complexity index is 950. The number of aromatic amines is 1. The Morgan fingerprint density at radius 1 is 1.11 bits per heavy atom. The van der Waals surface area contributed by atoms with E-state index >= 15 is 0 Å². The minimum atomic E-state index is 0.118. The van der Waals surface area contributed by atoms with Crippen molar-refractivity contribution in [1.29, 1.82) is 0 Å². The van der Waals surface area contributed by atoms with Gasteiger partial charge in [-0.15, -0.1) is 0 Å². The molecule has 0 bridgehead atoms. The molecule has 0 spiro atoms. The van der Waals surface area contributed by atoms with Gasteiger partial charge in [0.2, 0.25) is 0 Å². The van der Waals surface area contributed by atoms with E-state index in [0.29, 0.717) is 24.9 Å². The van der Waals surface area contributed by atoms with Crippen LogP contribution in [0.1, 0.15) is 11.9 Å². The van der Waals surface area contributed by atoms with E-state index in [1.54, 1.807) is 0 Å². The van der Waals surface area contributed by atoms with Gasteiger partial charge in [0.15, 0.2) is 17.3 Å². The molecule has 0 aliphatic carbocycles. The number of likely N-dealkylation sites (N-methyl/N-ethyl adjacent to an activating group) is 1. The maximum Gasteiger partial charge on any atom is 0.260 e. The zero-order valence-corrected chi connectivity index (χ0v) is 15.1. The first kappa shape index (κ1) is 16.3. The summed E-state index contributed by atoms with van der Waals surface area (Å²) < 4.78 is 16.9. The van der Waals surface area contributed by atoms with E-state index in [2.05, 4.69) is 32.4 Å². The Morgan fingerprint density at radius 3 is 2.85 bits per heavy atom. The van der Waals surface area contributed by atoms with Crippen molar-refractivity contribution in [3.63, 3.8) is 0 Å². The van der Waals surface area contributed by atoms with Gasteiger partial charge in [0.05, 0.1) is 11.6 Å². The van der Waals surface area contributed by atoms with Gasteiger partial charge in [0.1, 0.15) is 13.2 Å². The van der Waals surface area contributed by atoms with E-state index in [1.165, 1.54) is 0 Å². The van der Waals surface area contributed by atoms with Crippen molar-refractivity contribution in [2.75, 3.05) is 39.9 Å². The fourth-order valence-electron chi connectivity index (χ4n) is 3.56. The molecule has 1 aromatic carbocycles. The summed E-state index contributed by atoms with van der Waals surface area (Å²) in [7, 11) is 2.08. The number of piperazine rings is 1.